The minimum Gasteiger partial charge on any atom is -0.387 e. The van der Waals surface area contributed by atoms with Gasteiger partial charge in [-0.1, -0.05) is 24.3 Å². The minimum atomic E-state index is -0.645. The second-order valence-electron chi connectivity index (χ2n) is 5.66. The van der Waals surface area contributed by atoms with E-state index < -0.39 is 6.10 Å². The van der Waals surface area contributed by atoms with E-state index in [1.807, 2.05) is 18.2 Å². The molecular formula is C18H19FN2OS. The van der Waals surface area contributed by atoms with Crippen molar-refractivity contribution in [3.8, 4) is 0 Å². The summed E-state index contributed by atoms with van der Waals surface area (Å²) < 4.78 is 14.1. The number of thiazole rings is 1. The van der Waals surface area contributed by atoms with Gasteiger partial charge >= 0.3 is 0 Å². The summed E-state index contributed by atoms with van der Waals surface area (Å²) in [5, 5.41) is 14.5. The van der Waals surface area contributed by atoms with Crippen LogP contribution >= 0.6 is 11.3 Å². The summed E-state index contributed by atoms with van der Waals surface area (Å²) in [5.41, 5.74) is 1.75. The highest BCUT2D eigenvalue weighted by Crippen LogP contribution is 2.22. The number of halogens is 1. The summed E-state index contributed by atoms with van der Waals surface area (Å²) in [6, 6.07) is 14.3. The summed E-state index contributed by atoms with van der Waals surface area (Å²) >= 11 is 1.70. The molecule has 120 valence electrons. The Labute approximate surface area is 138 Å². The van der Waals surface area contributed by atoms with Crippen molar-refractivity contribution in [2.45, 2.75) is 25.5 Å². The number of fused-ring (bicyclic) bond motifs is 1. The van der Waals surface area contributed by atoms with Crippen LogP contribution < -0.4 is 5.32 Å². The second kappa shape index (κ2) is 7.17. The third-order valence-electron chi connectivity index (χ3n) is 3.73. The molecule has 0 spiro atoms. The van der Waals surface area contributed by atoms with Gasteiger partial charge in [-0.15, -0.1) is 11.3 Å². The Kier molecular flexibility index (Phi) is 5.00. The standard InChI is InChI=1S/C18H19FN2OS/c1-12(10-18-21-15-4-2-3-5-17(15)23-18)20-11-16(22)13-6-8-14(19)9-7-13/h2-9,12,16,20,22H,10-11H2,1H3. The lowest BCUT2D eigenvalue weighted by Crippen LogP contribution is -2.32. The molecule has 0 amide bonds. The first-order valence-corrected chi connectivity index (χ1v) is 8.45. The van der Waals surface area contributed by atoms with Gasteiger partial charge in [-0.3, -0.25) is 0 Å². The first kappa shape index (κ1) is 16.1. The molecule has 0 fully saturated rings. The van der Waals surface area contributed by atoms with Crippen molar-refractivity contribution in [3.63, 3.8) is 0 Å². The minimum absolute atomic E-state index is 0.200. The van der Waals surface area contributed by atoms with Gasteiger partial charge in [-0.2, -0.15) is 0 Å². The van der Waals surface area contributed by atoms with E-state index in [4.69, 9.17) is 0 Å². The van der Waals surface area contributed by atoms with Gasteiger partial charge in [0.2, 0.25) is 0 Å². The monoisotopic (exact) mass is 330 g/mol. The highest BCUT2D eigenvalue weighted by molar-refractivity contribution is 7.18. The summed E-state index contributed by atoms with van der Waals surface area (Å²) in [5.74, 6) is -0.293. The number of nitrogens with one attached hydrogen (secondary N) is 1. The maximum absolute atomic E-state index is 12.9. The molecule has 1 aromatic heterocycles. The van der Waals surface area contributed by atoms with Crippen molar-refractivity contribution in [1.29, 1.82) is 0 Å². The van der Waals surface area contributed by atoms with Crippen LogP contribution in [0.2, 0.25) is 0 Å². The predicted molar refractivity (Wildman–Crippen MR) is 92.1 cm³/mol. The summed E-state index contributed by atoms with van der Waals surface area (Å²) in [7, 11) is 0. The van der Waals surface area contributed by atoms with Gasteiger partial charge in [0, 0.05) is 19.0 Å². The van der Waals surface area contributed by atoms with Crippen LogP contribution in [-0.2, 0) is 6.42 Å². The highest BCUT2D eigenvalue weighted by Gasteiger charge is 2.12. The van der Waals surface area contributed by atoms with E-state index in [2.05, 4.69) is 23.3 Å². The fourth-order valence-electron chi connectivity index (χ4n) is 2.46. The van der Waals surface area contributed by atoms with Crippen molar-refractivity contribution in [2.24, 2.45) is 0 Å². The van der Waals surface area contributed by atoms with Crippen LogP contribution in [0.15, 0.2) is 48.5 Å². The first-order valence-electron chi connectivity index (χ1n) is 7.63. The number of rotatable bonds is 6. The maximum Gasteiger partial charge on any atom is 0.123 e. The maximum atomic E-state index is 12.9. The van der Waals surface area contributed by atoms with Crippen molar-refractivity contribution in [3.05, 3.63) is 64.9 Å². The second-order valence-corrected chi connectivity index (χ2v) is 6.77. The number of nitrogens with zero attached hydrogens (tertiary/aromatic N) is 1. The Bertz CT molecular complexity index is 739. The Morgan fingerprint density at radius 3 is 2.65 bits per heavy atom. The largest absolute Gasteiger partial charge is 0.387 e. The van der Waals surface area contributed by atoms with Crippen molar-refractivity contribution < 1.29 is 9.50 Å². The van der Waals surface area contributed by atoms with E-state index in [-0.39, 0.29) is 11.9 Å². The zero-order chi connectivity index (χ0) is 16.2. The zero-order valence-corrected chi connectivity index (χ0v) is 13.7. The van der Waals surface area contributed by atoms with Crippen molar-refractivity contribution in [1.82, 2.24) is 10.3 Å². The van der Waals surface area contributed by atoms with Gasteiger partial charge in [0.1, 0.15) is 5.82 Å². The highest BCUT2D eigenvalue weighted by atomic mass is 32.1. The molecule has 0 aliphatic carbocycles. The molecule has 3 rings (SSSR count). The van der Waals surface area contributed by atoms with Crippen LogP contribution in [0.25, 0.3) is 10.2 Å². The van der Waals surface area contributed by atoms with Crippen LogP contribution in [0.3, 0.4) is 0 Å². The van der Waals surface area contributed by atoms with Gasteiger partial charge in [-0.05, 0) is 36.8 Å². The molecule has 3 aromatic rings. The van der Waals surface area contributed by atoms with Crippen LogP contribution in [0.1, 0.15) is 23.6 Å². The Morgan fingerprint density at radius 2 is 1.91 bits per heavy atom. The molecule has 0 aliphatic heterocycles. The van der Waals surface area contributed by atoms with Crippen LogP contribution in [-0.4, -0.2) is 22.7 Å². The number of hydrogen-bond acceptors (Lipinski definition) is 4. The molecule has 5 heteroatoms. The fourth-order valence-corrected chi connectivity index (χ4v) is 3.55. The number of aromatic nitrogens is 1. The summed E-state index contributed by atoms with van der Waals surface area (Å²) in [4.78, 5) is 4.62. The van der Waals surface area contributed by atoms with Crippen molar-refractivity contribution >= 4 is 21.6 Å². The number of benzene rings is 2. The average Bonchev–Trinajstić information content (AvgIpc) is 2.95. The third kappa shape index (κ3) is 4.13. The van der Waals surface area contributed by atoms with E-state index in [0.29, 0.717) is 12.1 Å². The smallest absolute Gasteiger partial charge is 0.123 e. The Morgan fingerprint density at radius 1 is 1.17 bits per heavy atom. The van der Waals surface area contributed by atoms with Crippen LogP contribution in [0.5, 0.6) is 0 Å². The summed E-state index contributed by atoms with van der Waals surface area (Å²) in [6.07, 6.45) is 0.170. The molecule has 3 nitrogen and oxygen atoms in total. The normalized spacial score (nSPS) is 14.0. The van der Waals surface area contributed by atoms with E-state index in [0.717, 1.165) is 16.9 Å². The molecule has 23 heavy (non-hydrogen) atoms. The molecule has 0 bridgehead atoms. The Hall–Kier alpha value is -1.82. The van der Waals surface area contributed by atoms with E-state index in [1.165, 1.54) is 16.8 Å². The average molecular weight is 330 g/mol. The Balaban J connectivity index is 1.54. The lowest BCUT2D eigenvalue weighted by molar-refractivity contribution is 0.170. The molecule has 0 saturated carbocycles. The SMILES string of the molecule is CC(Cc1nc2ccccc2s1)NCC(O)c1ccc(F)cc1. The quantitative estimate of drug-likeness (QED) is 0.724. The zero-order valence-electron chi connectivity index (χ0n) is 12.9. The lowest BCUT2D eigenvalue weighted by Gasteiger charge is -2.16. The first-order chi connectivity index (χ1) is 11.1. The topological polar surface area (TPSA) is 45.2 Å². The van der Waals surface area contributed by atoms with Crippen LogP contribution in [0, 0.1) is 5.82 Å². The fraction of sp³-hybridized carbons (Fsp3) is 0.278. The summed E-state index contributed by atoms with van der Waals surface area (Å²) in [6.45, 7) is 2.50. The molecule has 2 N–H and O–H groups in total. The third-order valence-corrected chi connectivity index (χ3v) is 4.79. The van der Waals surface area contributed by atoms with Gasteiger partial charge in [-0.25, -0.2) is 9.37 Å². The van der Waals surface area contributed by atoms with Crippen LogP contribution in [0.4, 0.5) is 4.39 Å². The molecule has 0 aliphatic rings. The van der Waals surface area contributed by atoms with Crippen molar-refractivity contribution in [2.75, 3.05) is 6.54 Å². The molecule has 2 aromatic carbocycles. The number of hydrogen-bond donors (Lipinski definition) is 2. The predicted octanol–water partition coefficient (Wildman–Crippen LogP) is 3.69. The van der Waals surface area contributed by atoms with Gasteiger partial charge in [0.25, 0.3) is 0 Å². The lowest BCUT2D eigenvalue weighted by atomic mass is 10.1. The molecule has 2 atom stereocenters. The van der Waals surface area contributed by atoms with Gasteiger partial charge in [0.15, 0.2) is 0 Å². The molecule has 1 heterocycles. The number of para-hydroxylation sites is 1. The number of aliphatic hydroxyl groups excluding tert-OH is 1. The number of aliphatic hydroxyl groups is 1. The van der Waals surface area contributed by atoms with Gasteiger partial charge < -0.3 is 10.4 Å². The van der Waals surface area contributed by atoms with E-state index in [1.54, 1.807) is 23.5 Å². The van der Waals surface area contributed by atoms with E-state index >= 15 is 0 Å². The van der Waals surface area contributed by atoms with Gasteiger partial charge in [0.05, 0.1) is 21.3 Å². The molecule has 2 unspecified atom stereocenters. The molecular weight excluding hydrogens is 311 g/mol. The molecule has 0 saturated heterocycles. The molecule has 0 radical (unpaired) electrons. The van der Waals surface area contributed by atoms with E-state index in [9.17, 15) is 9.50 Å².